The molecule has 2 heterocycles. The van der Waals surface area contributed by atoms with Crippen molar-refractivity contribution in [1.29, 1.82) is 0 Å². The Morgan fingerprint density at radius 2 is 0.803 bits per heavy atom. The Bertz CT molecular complexity index is 3810. The van der Waals surface area contributed by atoms with E-state index in [1.165, 1.54) is 33.4 Å². The first-order valence-electron chi connectivity index (χ1n) is 24.4. The van der Waals surface area contributed by atoms with Crippen LogP contribution in [0, 0.1) is 0 Å². The van der Waals surface area contributed by atoms with Crippen molar-refractivity contribution in [3.05, 3.63) is 283 Å². The molecule has 0 bridgehead atoms. The van der Waals surface area contributed by atoms with E-state index in [4.69, 9.17) is 19.9 Å². The Balaban J connectivity index is 0.988. The highest BCUT2D eigenvalue weighted by molar-refractivity contribution is 5.91. The minimum atomic E-state index is -0.554. The molecule has 9 aromatic carbocycles. The average molecular weight is 910 g/mol. The topological polar surface area (TPSA) is 54.8 Å². The van der Waals surface area contributed by atoms with Gasteiger partial charge in [-0.3, -0.25) is 0 Å². The molecule has 5 heteroatoms. The normalized spacial score (nSPS) is 15.5. The lowest BCUT2D eigenvalue weighted by atomic mass is 9.67. The van der Waals surface area contributed by atoms with Gasteiger partial charge in [0.05, 0.1) is 55.8 Å². The van der Waals surface area contributed by atoms with Gasteiger partial charge in [0.1, 0.15) is 0 Å². The standard InChI is InChI=1S/C66H47N5/c1-65(42-40-48(41-43-65)64-62(46-22-8-3-9-23-46)68-58-31-17-19-33-60(58)70-64)71(51-36-34-47(35-37-51)63-61(45-20-6-2-7-21-45)67-57-30-16-18-32-59(57)69-63)52-38-39-54-53-28-14-15-29-55(53)66(56(54)44-52,49-24-10-4-11-25-49)50-26-12-5-13-27-50/h2-42,44H,43H2,1H3. The summed E-state index contributed by atoms with van der Waals surface area (Å²) in [5.74, 6) is 0. The number of allylic oxidation sites excluding steroid dienone is 2. The second-order valence-electron chi connectivity index (χ2n) is 18.7. The van der Waals surface area contributed by atoms with Crippen LogP contribution in [0.5, 0.6) is 0 Å². The monoisotopic (exact) mass is 909 g/mol. The molecule has 2 aliphatic carbocycles. The van der Waals surface area contributed by atoms with Gasteiger partial charge in [-0.1, -0.05) is 206 Å². The molecule has 0 spiro atoms. The van der Waals surface area contributed by atoms with E-state index in [1.54, 1.807) is 0 Å². The molecule has 1 atom stereocenters. The molecule has 0 saturated heterocycles. The molecule has 0 fully saturated rings. The van der Waals surface area contributed by atoms with Gasteiger partial charge >= 0.3 is 0 Å². The first kappa shape index (κ1) is 42.1. The third kappa shape index (κ3) is 7.08. The fraction of sp³-hybridized carbons (Fsp3) is 0.0606. The zero-order chi connectivity index (χ0) is 47.4. The minimum absolute atomic E-state index is 0.512. The number of hydrogen-bond acceptors (Lipinski definition) is 5. The number of fused-ring (bicyclic) bond motifs is 5. The van der Waals surface area contributed by atoms with Gasteiger partial charge in [-0.15, -0.1) is 0 Å². The lowest BCUT2D eigenvalue weighted by Gasteiger charge is -2.43. The molecule has 0 radical (unpaired) electrons. The summed E-state index contributed by atoms with van der Waals surface area (Å²) in [4.78, 5) is 23.5. The Kier molecular flexibility index (Phi) is 10.2. The summed E-state index contributed by atoms with van der Waals surface area (Å²) < 4.78 is 0. The summed E-state index contributed by atoms with van der Waals surface area (Å²) in [7, 11) is 0. The fourth-order valence-corrected chi connectivity index (χ4v) is 11.1. The average Bonchev–Trinajstić information content (AvgIpc) is 3.75. The third-order valence-corrected chi connectivity index (χ3v) is 14.5. The highest BCUT2D eigenvalue weighted by Crippen LogP contribution is 2.57. The van der Waals surface area contributed by atoms with Crippen LogP contribution in [0.3, 0.4) is 0 Å². The van der Waals surface area contributed by atoms with Crippen LogP contribution in [0.4, 0.5) is 11.4 Å². The number of nitrogens with zero attached hydrogens (tertiary/aromatic N) is 5. The van der Waals surface area contributed by atoms with Gasteiger partial charge in [0.2, 0.25) is 0 Å². The van der Waals surface area contributed by atoms with Crippen LogP contribution < -0.4 is 4.90 Å². The van der Waals surface area contributed by atoms with Gasteiger partial charge in [-0.05, 0) is 101 Å². The van der Waals surface area contributed by atoms with Crippen molar-refractivity contribution in [3.8, 4) is 44.9 Å². The molecule has 2 aliphatic rings. The van der Waals surface area contributed by atoms with Crippen LogP contribution >= 0.6 is 0 Å². The van der Waals surface area contributed by atoms with Crippen LogP contribution in [0.15, 0.2) is 255 Å². The molecule has 1 unspecified atom stereocenters. The predicted octanol–water partition coefficient (Wildman–Crippen LogP) is 15.9. The van der Waals surface area contributed by atoms with Crippen molar-refractivity contribution < 1.29 is 0 Å². The molecule has 0 saturated carbocycles. The Labute approximate surface area is 413 Å². The minimum Gasteiger partial charge on any atom is -0.332 e. The SMILES string of the molecule is CC1(N(c2ccc(-c3nc4ccccc4nc3-c3ccccc3)cc2)c2ccc3c(c2)C(c2ccccc2)(c2ccccc2)c2ccccc2-3)C=CC(c2nc3ccccc3nc2-c2ccccc2)=CC1. The number of para-hydroxylation sites is 4. The highest BCUT2D eigenvalue weighted by Gasteiger charge is 2.47. The highest BCUT2D eigenvalue weighted by atomic mass is 15.2. The maximum Gasteiger partial charge on any atom is 0.0973 e. The molecular weight excluding hydrogens is 863 g/mol. The van der Waals surface area contributed by atoms with E-state index < -0.39 is 11.0 Å². The molecule has 11 aromatic rings. The van der Waals surface area contributed by atoms with Crippen molar-refractivity contribution in [2.24, 2.45) is 0 Å². The van der Waals surface area contributed by atoms with Gasteiger partial charge < -0.3 is 4.90 Å². The molecule has 5 nitrogen and oxygen atoms in total. The second kappa shape index (κ2) is 17.2. The summed E-state index contributed by atoms with van der Waals surface area (Å²) in [6.07, 6.45) is 7.69. The van der Waals surface area contributed by atoms with Crippen molar-refractivity contribution in [2.45, 2.75) is 24.3 Å². The van der Waals surface area contributed by atoms with Crippen molar-refractivity contribution in [2.75, 3.05) is 4.90 Å². The van der Waals surface area contributed by atoms with E-state index in [-0.39, 0.29) is 0 Å². The van der Waals surface area contributed by atoms with Crippen LogP contribution in [0.2, 0.25) is 0 Å². The predicted molar refractivity (Wildman–Crippen MR) is 291 cm³/mol. The number of benzene rings is 9. The summed E-state index contributed by atoms with van der Waals surface area (Å²) in [5, 5.41) is 0. The summed E-state index contributed by atoms with van der Waals surface area (Å²) in [6, 6.07) is 84.1. The fourth-order valence-electron chi connectivity index (χ4n) is 11.1. The summed E-state index contributed by atoms with van der Waals surface area (Å²) in [6.45, 7) is 2.35. The molecule has 336 valence electrons. The van der Waals surface area contributed by atoms with E-state index in [0.717, 1.165) is 78.5 Å². The molecule has 0 aliphatic heterocycles. The van der Waals surface area contributed by atoms with Gasteiger partial charge in [-0.25, -0.2) is 19.9 Å². The molecule has 0 amide bonds. The van der Waals surface area contributed by atoms with Gasteiger partial charge in [0.15, 0.2) is 0 Å². The molecular formula is C66H47N5. The lowest BCUT2D eigenvalue weighted by Crippen LogP contribution is -2.42. The van der Waals surface area contributed by atoms with Crippen LogP contribution in [0.25, 0.3) is 72.5 Å². The van der Waals surface area contributed by atoms with E-state index in [9.17, 15) is 0 Å². The second-order valence-corrected chi connectivity index (χ2v) is 18.7. The zero-order valence-corrected chi connectivity index (χ0v) is 39.2. The molecule has 0 N–H and O–H groups in total. The molecule has 2 aromatic heterocycles. The van der Waals surface area contributed by atoms with Crippen molar-refractivity contribution in [1.82, 2.24) is 19.9 Å². The van der Waals surface area contributed by atoms with E-state index in [1.807, 2.05) is 60.7 Å². The number of rotatable bonds is 9. The molecule has 13 rings (SSSR count). The smallest absolute Gasteiger partial charge is 0.0973 e. The van der Waals surface area contributed by atoms with E-state index in [2.05, 4.69) is 206 Å². The maximum atomic E-state index is 5.30. The summed E-state index contributed by atoms with van der Waals surface area (Å²) in [5.41, 5.74) is 19.6. The van der Waals surface area contributed by atoms with Crippen molar-refractivity contribution in [3.63, 3.8) is 0 Å². The van der Waals surface area contributed by atoms with E-state index in [0.29, 0.717) is 6.42 Å². The lowest BCUT2D eigenvalue weighted by molar-refractivity contribution is 0.571. The Hall–Kier alpha value is -9.06. The van der Waals surface area contributed by atoms with Gasteiger partial charge in [0.25, 0.3) is 0 Å². The van der Waals surface area contributed by atoms with E-state index >= 15 is 0 Å². The van der Waals surface area contributed by atoms with Gasteiger partial charge in [-0.2, -0.15) is 0 Å². The third-order valence-electron chi connectivity index (χ3n) is 14.5. The van der Waals surface area contributed by atoms with Crippen LogP contribution in [-0.4, -0.2) is 25.5 Å². The quantitative estimate of drug-likeness (QED) is 0.144. The zero-order valence-electron chi connectivity index (χ0n) is 39.2. The first-order valence-corrected chi connectivity index (χ1v) is 24.4. The van der Waals surface area contributed by atoms with Crippen LogP contribution in [-0.2, 0) is 5.41 Å². The largest absolute Gasteiger partial charge is 0.332 e. The number of anilines is 2. The maximum absolute atomic E-state index is 5.30. The molecule has 71 heavy (non-hydrogen) atoms. The van der Waals surface area contributed by atoms with Crippen molar-refractivity contribution >= 4 is 39.0 Å². The Morgan fingerprint density at radius 3 is 1.32 bits per heavy atom. The summed E-state index contributed by atoms with van der Waals surface area (Å²) >= 11 is 0. The van der Waals surface area contributed by atoms with Gasteiger partial charge in [0, 0.05) is 28.1 Å². The first-order chi connectivity index (χ1) is 35.0. The number of aromatic nitrogens is 4. The number of hydrogen-bond donors (Lipinski definition) is 0. The Morgan fingerprint density at radius 1 is 0.380 bits per heavy atom. The van der Waals surface area contributed by atoms with Crippen LogP contribution in [0.1, 0.15) is 41.3 Å².